The van der Waals surface area contributed by atoms with E-state index in [1.165, 1.54) is 43.7 Å². The van der Waals surface area contributed by atoms with Crippen LogP contribution in [0.1, 0.15) is 46.5 Å². The van der Waals surface area contributed by atoms with Gasteiger partial charge in [-0.15, -0.1) is 5.10 Å². The molecule has 9 nitrogen and oxygen atoms in total. The highest BCUT2D eigenvalue weighted by molar-refractivity contribution is 7.20. The van der Waals surface area contributed by atoms with Crippen molar-refractivity contribution in [2.75, 3.05) is 57.1 Å². The first-order chi connectivity index (χ1) is 17.2. The lowest BCUT2D eigenvalue weighted by molar-refractivity contribution is -0.119. The van der Waals surface area contributed by atoms with Crippen molar-refractivity contribution in [2.24, 2.45) is 0 Å². The van der Waals surface area contributed by atoms with Crippen molar-refractivity contribution < 1.29 is 9.53 Å². The minimum atomic E-state index is -0.180. The molecule has 36 heavy (non-hydrogen) atoms. The summed E-state index contributed by atoms with van der Waals surface area (Å²) in [6, 6.07) is 7.87. The van der Waals surface area contributed by atoms with E-state index in [0.717, 1.165) is 45.9 Å². The number of aromatic nitrogens is 3. The highest BCUT2D eigenvalue weighted by Gasteiger charge is 2.23. The van der Waals surface area contributed by atoms with E-state index in [1.54, 1.807) is 7.11 Å². The molecule has 4 rings (SSSR count). The Bertz CT molecular complexity index is 1140. The minimum Gasteiger partial charge on any atom is -0.497 e. The summed E-state index contributed by atoms with van der Waals surface area (Å²) in [7, 11) is 3.55. The second-order valence-corrected chi connectivity index (χ2v) is 11.4. The van der Waals surface area contributed by atoms with E-state index in [4.69, 9.17) is 14.8 Å². The van der Waals surface area contributed by atoms with E-state index < -0.39 is 0 Å². The van der Waals surface area contributed by atoms with Crippen LogP contribution in [-0.4, -0.2) is 77.8 Å². The fraction of sp³-hybridized carbons (Fsp3) is 0.577. The van der Waals surface area contributed by atoms with Crippen molar-refractivity contribution in [3.05, 3.63) is 24.3 Å². The molecule has 0 radical (unpaired) electrons. The molecule has 0 unspecified atom stereocenters. The lowest BCUT2D eigenvalue weighted by Crippen LogP contribution is -2.37. The third-order valence-electron chi connectivity index (χ3n) is 6.18. The molecule has 10 heteroatoms. The van der Waals surface area contributed by atoms with Gasteiger partial charge in [0.05, 0.1) is 13.7 Å². The summed E-state index contributed by atoms with van der Waals surface area (Å²) < 4.78 is 7.15. The molecular formula is C26H39N7O2S. The largest absolute Gasteiger partial charge is 0.497 e. The van der Waals surface area contributed by atoms with Crippen molar-refractivity contribution in [1.29, 1.82) is 0 Å². The van der Waals surface area contributed by atoms with Crippen molar-refractivity contribution in [3.63, 3.8) is 0 Å². The van der Waals surface area contributed by atoms with E-state index in [9.17, 15) is 4.79 Å². The summed E-state index contributed by atoms with van der Waals surface area (Å²) in [5.41, 5.74) is 1.65. The predicted octanol–water partition coefficient (Wildman–Crippen LogP) is 4.11. The Labute approximate surface area is 217 Å². The van der Waals surface area contributed by atoms with Gasteiger partial charge in [-0.25, -0.2) is 4.98 Å². The summed E-state index contributed by atoms with van der Waals surface area (Å²) >= 11 is 1.47. The second kappa shape index (κ2) is 11.5. The normalized spacial score (nSPS) is 14.7. The number of ether oxygens (including phenoxy) is 1. The Morgan fingerprint density at radius 1 is 1.17 bits per heavy atom. The molecule has 0 saturated carbocycles. The monoisotopic (exact) mass is 513 g/mol. The molecule has 196 valence electrons. The van der Waals surface area contributed by atoms with Gasteiger partial charge in [0.1, 0.15) is 11.4 Å². The molecule has 0 aliphatic carbocycles. The van der Waals surface area contributed by atoms with Gasteiger partial charge in [-0.1, -0.05) is 17.8 Å². The van der Waals surface area contributed by atoms with Crippen molar-refractivity contribution >= 4 is 33.2 Å². The van der Waals surface area contributed by atoms with Gasteiger partial charge in [0, 0.05) is 24.7 Å². The van der Waals surface area contributed by atoms with Crippen LogP contribution in [0.4, 0.5) is 10.9 Å². The zero-order valence-electron chi connectivity index (χ0n) is 22.1. The number of rotatable bonds is 10. The van der Waals surface area contributed by atoms with Crippen LogP contribution in [0.5, 0.6) is 5.75 Å². The topological polar surface area (TPSA) is 87.0 Å². The number of methoxy groups -OCH3 is 1. The van der Waals surface area contributed by atoms with Crippen LogP contribution >= 0.6 is 11.3 Å². The molecule has 0 atom stereocenters. The van der Waals surface area contributed by atoms with Crippen LogP contribution < -0.4 is 20.3 Å². The second-order valence-electron chi connectivity index (χ2n) is 10.5. The molecule has 2 aromatic heterocycles. The molecule has 3 aromatic rings. The number of carbonyl (C=O) groups is 1. The maximum Gasteiger partial charge on any atom is 0.239 e. The predicted molar refractivity (Wildman–Crippen MR) is 147 cm³/mol. The molecule has 1 aromatic carbocycles. The average molecular weight is 514 g/mol. The average Bonchev–Trinajstić information content (AvgIpc) is 3.41. The molecular weight excluding hydrogens is 474 g/mol. The number of amides is 1. The number of likely N-dealkylation sites (N-methyl/N-ethyl adjacent to an activating group) is 1. The number of hydrogen-bond donors (Lipinski definition) is 2. The zero-order chi connectivity index (χ0) is 25.7. The van der Waals surface area contributed by atoms with Crippen molar-refractivity contribution in [2.45, 2.75) is 52.0 Å². The van der Waals surface area contributed by atoms with Crippen molar-refractivity contribution in [1.82, 2.24) is 24.8 Å². The van der Waals surface area contributed by atoms with Gasteiger partial charge in [0.15, 0.2) is 5.82 Å². The van der Waals surface area contributed by atoms with Crippen LogP contribution in [0.15, 0.2) is 24.3 Å². The van der Waals surface area contributed by atoms with E-state index in [1.807, 2.05) is 40.7 Å². The number of nitrogens with one attached hydrogen (secondary N) is 2. The summed E-state index contributed by atoms with van der Waals surface area (Å²) in [5.74, 6) is 1.65. The highest BCUT2D eigenvalue weighted by atomic mass is 32.1. The third-order valence-corrected chi connectivity index (χ3v) is 7.20. The maximum atomic E-state index is 12.5. The number of fused-ring (bicyclic) bond motifs is 1. The summed E-state index contributed by atoms with van der Waals surface area (Å²) in [6.45, 7) is 10.7. The number of carbonyl (C=O) groups excluding carboxylic acids is 1. The summed E-state index contributed by atoms with van der Waals surface area (Å²) in [4.78, 5) is 22.6. The Hall–Kier alpha value is -2.85. The molecule has 0 bridgehead atoms. The standard InChI is InChI=1S/C26H39N7O2S/c1-26(2,3)29-23-22(19-10-12-20(35-5)13-11-19)28-24-33(23)30-25(36-24)31(4)18-21(34)27-14-9-17-32-15-7-6-8-16-32/h10-13,29H,6-9,14-18H2,1-5H3,(H,27,34). The van der Waals surface area contributed by atoms with Gasteiger partial charge in [0.2, 0.25) is 16.0 Å². The first-order valence-electron chi connectivity index (χ1n) is 12.8. The molecule has 3 heterocycles. The highest BCUT2D eigenvalue weighted by Crippen LogP contribution is 2.35. The van der Waals surface area contributed by atoms with Crippen LogP contribution in [0.25, 0.3) is 16.2 Å². The molecule has 1 fully saturated rings. The van der Waals surface area contributed by atoms with Crippen LogP contribution in [-0.2, 0) is 4.79 Å². The smallest absolute Gasteiger partial charge is 0.239 e. The fourth-order valence-electron chi connectivity index (χ4n) is 4.36. The van der Waals surface area contributed by atoms with Crippen molar-refractivity contribution in [3.8, 4) is 17.0 Å². The Kier molecular flexibility index (Phi) is 8.35. The van der Waals surface area contributed by atoms with Crippen LogP contribution in [0.3, 0.4) is 0 Å². The third kappa shape index (κ3) is 6.67. The molecule has 1 aliphatic heterocycles. The van der Waals surface area contributed by atoms with Crippen LogP contribution in [0.2, 0.25) is 0 Å². The lowest BCUT2D eigenvalue weighted by atomic mass is 10.1. The number of nitrogens with zero attached hydrogens (tertiary/aromatic N) is 5. The van der Waals surface area contributed by atoms with Gasteiger partial charge < -0.3 is 25.2 Å². The van der Waals surface area contributed by atoms with E-state index in [0.29, 0.717) is 6.54 Å². The number of piperidine rings is 1. The molecule has 1 amide bonds. The molecule has 0 spiro atoms. The first-order valence-corrected chi connectivity index (χ1v) is 13.6. The number of anilines is 2. The first kappa shape index (κ1) is 26.2. The number of hydrogen-bond acceptors (Lipinski definition) is 8. The SMILES string of the molecule is COc1ccc(-c2nc3sc(N(C)CC(=O)NCCCN4CCCCC4)nn3c2NC(C)(C)C)cc1. The molecule has 2 N–H and O–H groups in total. The van der Waals surface area contributed by atoms with E-state index in [2.05, 4.69) is 36.3 Å². The zero-order valence-corrected chi connectivity index (χ0v) is 23.0. The van der Waals surface area contributed by atoms with Gasteiger partial charge >= 0.3 is 0 Å². The number of likely N-dealkylation sites (tertiary alicyclic amines) is 1. The summed E-state index contributed by atoms with van der Waals surface area (Å²) in [5, 5.41) is 12.2. The quantitative estimate of drug-likeness (QED) is 0.395. The summed E-state index contributed by atoms with van der Waals surface area (Å²) in [6.07, 6.45) is 4.92. The van der Waals surface area contributed by atoms with Crippen LogP contribution in [0, 0.1) is 0 Å². The Morgan fingerprint density at radius 3 is 2.56 bits per heavy atom. The van der Waals surface area contributed by atoms with Gasteiger partial charge in [-0.3, -0.25) is 4.79 Å². The van der Waals surface area contributed by atoms with Gasteiger partial charge in [0.25, 0.3) is 0 Å². The number of imidazole rings is 1. The Balaban J connectivity index is 1.42. The van der Waals surface area contributed by atoms with Gasteiger partial charge in [-0.05, 0) is 83.9 Å². The lowest BCUT2D eigenvalue weighted by Gasteiger charge is -2.26. The van der Waals surface area contributed by atoms with E-state index in [-0.39, 0.29) is 18.0 Å². The molecule has 1 saturated heterocycles. The number of benzene rings is 1. The maximum absolute atomic E-state index is 12.5. The van der Waals surface area contributed by atoms with Gasteiger partial charge in [-0.2, -0.15) is 4.52 Å². The fourth-order valence-corrected chi connectivity index (χ4v) is 5.22. The minimum absolute atomic E-state index is 0.0101. The molecule has 1 aliphatic rings. The van der Waals surface area contributed by atoms with E-state index >= 15 is 0 Å². The Morgan fingerprint density at radius 2 is 1.89 bits per heavy atom.